The van der Waals surface area contributed by atoms with Crippen LogP contribution in [-0.2, 0) is 7.05 Å². The molecule has 0 bridgehead atoms. The average molecular weight is 496 g/mol. The van der Waals surface area contributed by atoms with Crippen molar-refractivity contribution in [1.82, 2.24) is 19.4 Å². The van der Waals surface area contributed by atoms with Gasteiger partial charge >= 0.3 is 12.6 Å². The van der Waals surface area contributed by atoms with Crippen LogP contribution >= 0.6 is 0 Å². The van der Waals surface area contributed by atoms with Gasteiger partial charge in [-0.15, -0.1) is 0 Å². The SMILES string of the molecule is CCN1C(=O)N(c2ccc(-c3cn(C)c4ncnc(N)c34)c(F)c2)CC1c1cccc(OC(F)F)c1. The Labute approximate surface area is 204 Å². The summed E-state index contributed by atoms with van der Waals surface area (Å²) < 4.78 is 47.0. The zero-order valence-corrected chi connectivity index (χ0v) is 19.5. The normalized spacial score (nSPS) is 15.9. The maximum atomic E-state index is 15.4. The van der Waals surface area contributed by atoms with Crippen molar-refractivity contribution in [3.8, 4) is 16.9 Å². The summed E-state index contributed by atoms with van der Waals surface area (Å²) in [6.07, 6.45) is 3.09. The molecule has 3 heterocycles. The first-order chi connectivity index (χ1) is 17.3. The fourth-order valence-corrected chi connectivity index (χ4v) is 4.72. The van der Waals surface area contributed by atoms with Gasteiger partial charge < -0.3 is 19.9 Å². The van der Waals surface area contributed by atoms with Crippen LogP contribution in [0.1, 0.15) is 18.5 Å². The third-order valence-corrected chi connectivity index (χ3v) is 6.35. The molecule has 0 aliphatic carbocycles. The second-order valence-electron chi connectivity index (χ2n) is 8.42. The van der Waals surface area contributed by atoms with Gasteiger partial charge in [0.2, 0.25) is 0 Å². The zero-order valence-electron chi connectivity index (χ0n) is 19.5. The first-order valence-electron chi connectivity index (χ1n) is 11.3. The Balaban J connectivity index is 1.48. The van der Waals surface area contributed by atoms with Gasteiger partial charge in [0.15, 0.2) is 0 Å². The lowest BCUT2D eigenvalue weighted by Gasteiger charge is -2.22. The smallest absolute Gasteiger partial charge is 0.387 e. The number of amides is 2. The molecule has 0 spiro atoms. The van der Waals surface area contributed by atoms with E-state index in [1.165, 1.54) is 29.4 Å². The van der Waals surface area contributed by atoms with Crippen LogP contribution in [-0.4, -0.2) is 45.2 Å². The summed E-state index contributed by atoms with van der Waals surface area (Å²) in [5.74, 6) is -0.277. The summed E-state index contributed by atoms with van der Waals surface area (Å²) in [5.41, 5.74) is 8.51. The van der Waals surface area contributed by atoms with E-state index in [4.69, 9.17) is 5.73 Å². The van der Waals surface area contributed by atoms with Crippen LogP contribution in [0.4, 0.5) is 29.5 Å². The molecule has 4 aromatic rings. The molecule has 2 aromatic carbocycles. The number of aromatic nitrogens is 3. The number of halogens is 3. The van der Waals surface area contributed by atoms with E-state index in [0.29, 0.717) is 40.0 Å². The molecule has 11 heteroatoms. The lowest BCUT2D eigenvalue weighted by Crippen LogP contribution is -2.32. The van der Waals surface area contributed by atoms with Crippen LogP contribution in [0.2, 0.25) is 0 Å². The van der Waals surface area contributed by atoms with E-state index in [0.717, 1.165) is 0 Å². The molecule has 2 amide bonds. The van der Waals surface area contributed by atoms with E-state index in [2.05, 4.69) is 14.7 Å². The summed E-state index contributed by atoms with van der Waals surface area (Å²) in [5, 5.41) is 0.548. The molecule has 5 rings (SSSR count). The molecule has 186 valence electrons. The molecule has 1 aliphatic rings. The van der Waals surface area contributed by atoms with E-state index in [-0.39, 0.29) is 24.1 Å². The van der Waals surface area contributed by atoms with Crippen LogP contribution in [0.5, 0.6) is 5.75 Å². The number of benzene rings is 2. The highest BCUT2D eigenvalue weighted by Gasteiger charge is 2.38. The Morgan fingerprint density at radius 2 is 1.97 bits per heavy atom. The van der Waals surface area contributed by atoms with Crippen LogP contribution in [0, 0.1) is 5.82 Å². The monoisotopic (exact) mass is 496 g/mol. The average Bonchev–Trinajstić information content (AvgIpc) is 3.36. The molecule has 1 aliphatic heterocycles. The number of rotatable bonds is 6. The summed E-state index contributed by atoms with van der Waals surface area (Å²) in [7, 11) is 1.79. The van der Waals surface area contributed by atoms with E-state index >= 15 is 4.39 Å². The zero-order chi connectivity index (χ0) is 25.6. The summed E-state index contributed by atoms with van der Waals surface area (Å²) in [6.45, 7) is -0.520. The van der Waals surface area contributed by atoms with Crippen molar-refractivity contribution in [3.63, 3.8) is 0 Å². The Morgan fingerprint density at radius 3 is 2.69 bits per heavy atom. The largest absolute Gasteiger partial charge is 0.435 e. The number of hydrogen-bond acceptors (Lipinski definition) is 5. The molecule has 8 nitrogen and oxygen atoms in total. The molecule has 1 fully saturated rings. The van der Waals surface area contributed by atoms with Crippen molar-refractivity contribution in [2.24, 2.45) is 7.05 Å². The van der Waals surface area contributed by atoms with Gasteiger partial charge in [0.05, 0.1) is 18.0 Å². The van der Waals surface area contributed by atoms with Crippen molar-refractivity contribution in [2.75, 3.05) is 23.7 Å². The Hall–Kier alpha value is -4.28. The molecule has 2 N–H and O–H groups in total. The van der Waals surface area contributed by atoms with Gasteiger partial charge in [-0.25, -0.2) is 19.2 Å². The predicted octanol–water partition coefficient (Wildman–Crippen LogP) is 4.96. The van der Waals surface area contributed by atoms with Crippen molar-refractivity contribution >= 4 is 28.6 Å². The van der Waals surface area contributed by atoms with Crippen molar-refractivity contribution in [2.45, 2.75) is 19.6 Å². The van der Waals surface area contributed by atoms with Crippen LogP contribution in [0.3, 0.4) is 0 Å². The number of carbonyl (C=O) groups excluding carboxylic acids is 1. The van der Waals surface area contributed by atoms with E-state index in [9.17, 15) is 13.6 Å². The topological polar surface area (TPSA) is 89.5 Å². The molecule has 1 saturated heterocycles. The van der Waals surface area contributed by atoms with E-state index in [1.54, 1.807) is 47.0 Å². The summed E-state index contributed by atoms with van der Waals surface area (Å²) >= 11 is 0. The van der Waals surface area contributed by atoms with Crippen LogP contribution < -0.4 is 15.4 Å². The van der Waals surface area contributed by atoms with Crippen molar-refractivity contribution < 1.29 is 22.7 Å². The number of urea groups is 1. The fourth-order valence-electron chi connectivity index (χ4n) is 4.72. The summed E-state index contributed by atoms with van der Waals surface area (Å²) in [4.78, 5) is 24.5. The minimum Gasteiger partial charge on any atom is -0.435 e. The number of alkyl halides is 2. The van der Waals surface area contributed by atoms with Gasteiger partial charge in [-0.1, -0.05) is 12.1 Å². The van der Waals surface area contributed by atoms with Gasteiger partial charge in [-0.2, -0.15) is 8.78 Å². The molecule has 0 radical (unpaired) electrons. The van der Waals surface area contributed by atoms with Gasteiger partial charge in [-0.05, 0) is 42.8 Å². The number of anilines is 2. The minimum absolute atomic E-state index is 0.0122. The van der Waals surface area contributed by atoms with Gasteiger partial charge in [0.1, 0.15) is 29.4 Å². The van der Waals surface area contributed by atoms with Gasteiger partial charge in [0, 0.05) is 36.6 Å². The van der Waals surface area contributed by atoms with Crippen molar-refractivity contribution in [3.05, 3.63) is 66.4 Å². The molecule has 36 heavy (non-hydrogen) atoms. The lowest BCUT2D eigenvalue weighted by atomic mass is 10.0. The summed E-state index contributed by atoms with van der Waals surface area (Å²) in [6, 6.07) is 10.1. The molecular formula is C25H23F3N6O2. The van der Waals surface area contributed by atoms with E-state index in [1.807, 2.05) is 6.92 Å². The number of fused-ring (bicyclic) bond motifs is 1. The highest BCUT2D eigenvalue weighted by Crippen LogP contribution is 2.38. The van der Waals surface area contributed by atoms with Gasteiger partial charge in [-0.3, -0.25) is 4.90 Å². The molecule has 2 aromatic heterocycles. The first kappa shape index (κ1) is 23.5. The van der Waals surface area contributed by atoms with Crippen LogP contribution in [0.25, 0.3) is 22.2 Å². The number of ether oxygens (including phenoxy) is 1. The predicted molar refractivity (Wildman–Crippen MR) is 129 cm³/mol. The number of aryl methyl sites for hydroxylation is 1. The molecule has 0 saturated carbocycles. The highest BCUT2D eigenvalue weighted by atomic mass is 19.3. The minimum atomic E-state index is -2.95. The number of nitrogen functional groups attached to an aromatic ring is 1. The Bertz CT molecular complexity index is 1460. The highest BCUT2D eigenvalue weighted by molar-refractivity contribution is 6.01. The van der Waals surface area contributed by atoms with Crippen LogP contribution in [0.15, 0.2) is 55.0 Å². The maximum Gasteiger partial charge on any atom is 0.387 e. The molecular weight excluding hydrogens is 473 g/mol. The number of carbonyl (C=O) groups is 1. The van der Waals surface area contributed by atoms with Crippen molar-refractivity contribution in [1.29, 1.82) is 0 Å². The number of nitrogens with two attached hydrogens (primary N) is 1. The second kappa shape index (κ2) is 9.06. The quantitative estimate of drug-likeness (QED) is 0.408. The molecule has 1 atom stereocenters. The fraction of sp³-hybridized carbons (Fsp3) is 0.240. The second-order valence-corrected chi connectivity index (χ2v) is 8.42. The third kappa shape index (κ3) is 3.96. The Kier molecular flexibility index (Phi) is 5.91. The number of nitrogens with zero attached hydrogens (tertiary/aromatic N) is 5. The third-order valence-electron chi connectivity index (χ3n) is 6.35. The molecule has 1 unspecified atom stereocenters. The number of likely N-dealkylation sites (N-methyl/N-ethyl adjacent to an activating group) is 1. The van der Waals surface area contributed by atoms with E-state index < -0.39 is 18.5 Å². The Morgan fingerprint density at radius 1 is 1.17 bits per heavy atom. The first-order valence-corrected chi connectivity index (χ1v) is 11.3. The lowest BCUT2D eigenvalue weighted by molar-refractivity contribution is -0.0499. The van der Waals surface area contributed by atoms with Gasteiger partial charge in [0.25, 0.3) is 0 Å². The standard InChI is InChI=1S/C25H23F3N6O2/c1-3-33-20(14-5-4-6-16(9-14)36-24(27)28)12-34(25(33)35)15-7-8-17(19(26)10-15)18-11-32(2)23-21(18)22(29)30-13-31-23/h4-11,13,20,24H,3,12H2,1-2H3,(H2,29,30,31). The number of hydrogen-bond donors (Lipinski definition) is 1. The maximum absolute atomic E-state index is 15.4.